The van der Waals surface area contributed by atoms with E-state index in [9.17, 15) is 4.79 Å². The number of pyridine rings is 1. The van der Waals surface area contributed by atoms with E-state index in [0.717, 1.165) is 48.1 Å². The number of amides is 2. The Bertz CT molecular complexity index is 1230. The number of urea groups is 1. The highest BCUT2D eigenvalue weighted by Crippen LogP contribution is 2.37. The number of aryl methyl sites for hydroxylation is 1. The second kappa shape index (κ2) is 9.15. The van der Waals surface area contributed by atoms with Gasteiger partial charge in [0.1, 0.15) is 5.82 Å². The summed E-state index contributed by atoms with van der Waals surface area (Å²) < 4.78 is 0. The zero-order valence-corrected chi connectivity index (χ0v) is 20.6. The van der Waals surface area contributed by atoms with Gasteiger partial charge >= 0.3 is 6.03 Å². The minimum Gasteiger partial charge on any atom is -0.363 e. The van der Waals surface area contributed by atoms with E-state index in [-0.39, 0.29) is 12.1 Å². The van der Waals surface area contributed by atoms with E-state index in [4.69, 9.17) is 4.98 Å². The first-order valence-corrected chi connectivity index (χ1v) is 13.1. The Labute approximate surface area is 207 Å². The number of nitrogens with one attached hydrogen (secondary N) is 3. The van der Waals surface area contributed by atoms with Crippen LogP contribution in [0, 0.1) is 0 Å². The van der Waals surface area contributed by atoms with Crippen molar-refractivity contribution in [2.45, 2.75) is 82.6 Å². The van der Waals surface area contributed by atoms with E-state index >= 15 is 0 Å². The fourth-order valence-corrected chi connectivity index (χ4v) is 6.70. The Balaban J connectivity index is 1.08. The Morgan fingerprint density at radius 1 is 1.00 bits per heavy atom. The fraction of sp³-hybridized carbons (Fsp3) is 0.448. The molecule has 3 atom stereocenters. The summed E-state index contributed by atoms with van der Waals surface area (Å²) >= 11 is 0. The molecule has 6 rings (SSSR count). The van der Waals surface area contributed by atoms with Crippen LogP contribution in [0.15, 0.2) is 54.6 Å². The molecule has 3 aromatic rings. The predicted octanol–water partition coefficient (Wildman–Crippen LogP) is 5.86. The summed E-state index contributed by atoms with van der Waals surface area (Å²) in [5, 5.41) is 10.9. The maximum Gasteiger partial charge on any atom is 0.319 e. The number of carbonyl (C=O) groups is 1. The van der Waals surface area contributed by atoms with Gasteiger partial charge in [0.05, 0.1) is 11.6 Å². The molecule has 2 fully saturated rings. The largest absolute Gasteiger partial charge is 0.363 e. The summed E-state index contributed by atoms with van der Waals surface area (Å²) in [5.74, 6) is 0.889. The predicted molar refractivity (Wildman–Crippen MR) is 142 cm³/mol. The molecule has 3 N–H and O–H groups in total. The summed E-state index contributed by atoms with van der Waals surface area (Å²) in [6.45, 7) is 4.57. The van der Waals surface area contributed by atoms with E-state index in [1.54, 1.807) is 0 Å². The lowest BCUT2D eigenvalue weighted by Gasteiger charge is -2.41. The maximum atomic E-state index is 12.8. The quantitative estimate of drug-likeness (QED) is 0.438. The standard InChI is InChI=1S/C29H35N5O/c1-18(2)34-23-10-11-24(34)17-22(16-23)31-29(35)30-21-9-13-26-20(15-21)8-14-28(32-26)33-27-12-7-19-5-3-4-6-25(19)27/h3-6,8-9,13-15,18,22-24,27H,7,10-12,16-17H2,1-2H3,(H,32,33)(H2,30,31,35)/t22?,23?,24?,27-/m1/s1. The van der Waals surface area contributed by atoms with Crippen LogP contribution in [-0.2, 0) is 6.42 Å². The van der Waals surface area contributed by atoms with Crippen LogP contribution in [0.1, 0.15) is 63.1 Å². The average Bonchev–Trinajstić information content (AvgIpc) is 3.37. The van der Waals surface area contributed by atoms with Crippen molar-refractivity contribution in [3.8, 4) is 0 Å². The summed E-state index contributed by atoms with van der Waals surface area (Å²) in [6, 6.07) is 20.9. The molecule has 1 aliphatic carbocycles. The lowest BCUT2D eigenvalue weighted by Crippen LogP contribution is -2.53. The van der Waals surface area contributed by atoms with Gasteiger partial charge in [0.2, 0.25) is 0 Å². The average molecular weight is 470 g/mol. The molecule has 2 unspecified atom stereocenters. The van der Waals surface area contributed by atoms with Gasteiger partial charge in [-0.05, 0) is 93.8 Å². The number of hydrogen-bond acceptors (Lipinski definition) is 4. The molecule has 35 heavy (non-hydrogen) atoms. The van der Waals surface area contributed by atoms with Crippen LogP contribution in [-0.4, -0.2) is 40.1 Å². The van der Waals surface area contributed by atoms with Crippen LogP contribution < -0.4 is 16.0 Å². The van der Waals surface area contributed by atoms with Crippen molar-refractivity contribution in [2.24, 2.45) is 0 Å². The first-order chi connectivity index (χ1) is 17.0. The Morgan fingerprint density at radius 3 is 2.60 bits per heavy atom. The second-order valence-corrected chi connectivity index (χ2v) is 10.7. The van der Waals surface area contributed by atoms with Crippen LogP contribution >= 0.6 is 0 Å². The topological polar surface area (TPSA) is 69.3 Å². The first kappa shape index (κ1) is 22.4. The molecule has 1 aromatic heterocycles. The summed E-state index contributed by atoms with van der Waals surface area (Å²) in [7, 11) is 0. The van der Waals surface area contributed by atoms with Gasteiger partial charge in [0.25, 0.3) is 0 Å². The molecule has 2 aliphatic heterocycles. The number of nitrogens with zero attached hydrogens (tertiary/aromatic N) is 2. The summed E-state index contributed by atoms with van der Waals surface area (Å²) in [6.07, 6.45) is 6.80. The molecule has 6 heteroatoms. The van der Waals surface area contributed by atoms with Gasteiger partial charge < -0.3 is 16.0 Å². The highest BCUT2D eigenvalue weighted by atomic mass is 16.2. The molecule has 182 valence electrons. The van der Waals surface area contributed by atoms with Crippen LogP contribution in [0.4, 0.5) is 16.3 Å². The van der Waals surface area contributed by atoms with E-state index in [2.05, 4.69) is 65.0 Å². The smallest absolute Gasteiger partial charge is 0.319 e. The number of benzene rings is 2. The van der Waals surface area contributed by atoms with Gasteiger partial charge in [-0.3, -0.25) is 4.90 Å². The second-order valence-electron chi connectivity index (χ2n) is 10.7. The molecule has 2 aromatic carbocycles. The molecular weight excluding hydrogens is 434 g/mol. The number of piperidine rings is 1. The number of rotatable bonds is 5. The van der Waals surface area contributed by atoms with Gasteiger partial charge in [0, 0.05) is 35.2 Å². The normalized spacial score (nSPS) is 25.6. The van der Waals surface area contributed by atoms with E-state index in [1.165, 1.54) is 24.0 Å². The molecule has 2 bridgehead atoms. The SMILES string of the molecule is CC(C)N1C2CCC1CC(NC(=O)Nc1ccc3nc(N[C@@H]4CCc5ccccc54)ccc3c1)C2. The van der Waals surface area contributed by atoms with Gasteiger partial charge in [-0.25, -0.2) is 9.78 Å². The molecular formula is C29H35N5O. The Kier molecular flexibility index (Phi) is 5.85. The molecule has 2 amide bonds. The van der Waals surface area contributed by atoms with Crippen molar-refractivity contribution in [3.05, 3.63) is 65.7 Å². The third-order valence-corrected chi connectivity index (χ3v) is 8.12. The van der Waals surface area contributed by atoms with E-state index < -0.39 is 0 Å². The lowest BCUT2D eigenvalue weighted by atomic mass is 9.96. The van der Waals surface area contributed by atoms with Gasteiger partial charge in [-0.1, -0.05) is 24.3 Å². The van der Waals surface area contributed by atoms with Crippen LogP contribution in [0.5, 0.6) is 0 Å². The number of carbonyl (C=O) groups excluding carboxylic acids is 1. The van der Waals surface area contributed by atoms with Crippen molar-refractivity contribution in [1.29, 1.82) is 0 Å². The lowest BCUT2D eigenvalue weighted by molar-refractivity contribution is 0.0876. The van der Waals surface area contributed by atoms with Crippen molar-refractivity contribution < 1.29 is 4.79 Å². The Morgan fingerprint density at radius 2 is 1.80 bits per heavy atom. The van der Waals surface area contributed by atoms with Crippen molar-refractivity contribution in [2.75, 3.05) is 10.6 Å². The molecule has 0 saturated carbocycles. The summed E-state index contributed by atoms with van der Waals surface area (Å²) in [4.78, 5) is 20.2. The maximum absolute atomic E-state index is 12.8. The molecule has 6 nitrogen and oxygen atoms in total. The van der Waals surface area contributed by atoms with Crippen LogP contribution in [0.2, 0.25) is 0 Å². The minimum absolute atomic E-state index is 0.113. The van der Waals surface area contributed by atoms with Crippen molar-refractivity contribution in [1.82, 2.24) is 15.2 Å². The Hall–Kier alpha value is -3.12. The van der Waals surface area contributed by atoms with Crippen molar-refractivity contribution in [3.63, 3.8) is 0 Å². The first-order valence-electron chi connectivity index (χ1n) is 13.1. The highest BCUT2D eigenvalue weighted by Gasteiger charge is 2.42. The third kappa shape index (κ3) is 4.47. The number of aromatic nitrogens is 1. The van der Waals surface area contributed by atoms with E-state index in [1.807, 2.05) is 24.3 Å². The zero-order valence-electron chi connectivity index (χ0n) is 20.6. The molecule has 3 aliphatic rings. The van der Waals surface area contributed by atoms with Crippen LogP contribution in [0.25, 0.3) is 10.9 Å². The molecule has 0 radical (unpaired) electrons. The van der Waals surface area contributed by atoms with Gasteiger partial charge in [-0.15, -0.1) is 0 Å². The monoisotopic (exact) mass is 469 g/mol. The third-order valence-electron chi connectivity index (χ3n) is 8.12. The van der Waals surface area contributed by atoms with Gasteiger partial charge in [-0.2, -0.15) is 0 Å². The van der Waals surface area contributed by atoms with E-state index in [0.29, 0.717) is 24.2 Å². The fourth-order valence-electron chi connectivity index (χ4n) is 6.70. The number of fused-ring (bicyclic) bond motifs is 4. The molecule has 3 heterocycles. The van der Waals surface area contributed by atoms with Gasteiger partial charge in [0.15, 0.2) is 0 Å². The van der Waals surface area contributed by atoms with Crippen LogP contribution in [0.3, 0.4) is 0 Å². The minimum atomic E-state index is -0.113. The van der Waals surface area contributed by atoms with Crippen molar-refractivity contribution >= 4 is 28.4 Å². The number of anilines is 2. The molecule has 2 saturated heterocycles. The molecule has 0 spiro atoms. The highest BCUT2D eigenvalue weighted by molar-refractivity contribution is 5.93. The number of hydrogen-bond donors (Lipinski definition) is 3. The zero-order chi connectivity index (χ0) is 23.9. The summed E-state index contributed by atoms with van der Waals surface area (Å²) in [5.41, 5.74) is 4.52.